The first-order valence-electron chi connectivity index (χ1n) is 3.38. The van der Waals surface area contributed by atoms with Gasteiger partial charge in [0.1, 0.15) is 0 Å². The number of hydrogen-bond acceptors (Lipinski definition) is 2. The summed E-state index contributed by atoms with van der Waals surface area (Å²) in [7, 11) is 1.74. The quantitative estimate of drug-likeness (QED) is 0.581. The van der Waals surface area contributed by atoms with Crippen molar-refractivity contribution in [3.8, 4) is 0 Å². The van der Waals surface area contributed by atoms with Crippen LogP contribution in [0.3, 0.4) is 0 Å². The average Bonchev–Trinajstić information content (AvgIpc) is 2.04. The van der Waals surface area contributed by atoms with Gasteiger partial charge in [-0.1, -0.05) is 6.58 Å². The van der Waals surface area contributed by atoms with Crippen LogP contribution in [0.4, 0.5) is 0 Å². The van der Waals surface area contributed by atoms with Crippen LogP contribution in [0.15, 0.2) is 24.0 Å². The fourth-order valence-electron chi connectivity index (χ4n) is 0.957. The van der Waals surface area contributed by atoms with Crippen LogP contribution in [0.25, 0.3) is 6.20 Å². The molecule has 0 aliphatic heterocycles. The molecule has 1 aromatic heterocycles. The van der Waals surface area contributed by atoms with Gasteiger partial charge >= 0.3 is 0 Å². The van der Waals surface area contributed by atoms with Crippen molar-refractivity contribution in [2.24, 2.45) is 4.99 Å². The monoisotopic (exact) mass is 149 g/mol. The summed E-state index contributed by atoms with van der Waals surface area (Å²) in [6.07, 6.45) is 5.26. The summed E-state index contributed by atoms with van der Waals surface area (Å²) in [6, 6.07) is 0. The van der Waals surface area contributed by atoms with Crippen LogP contribution in [0.5, 0.6) is 0 Å². The minimum absolute atomic E-state index is 0.850. The number of hydrogen-bond donors (Lipinski definition) is 0. The molecule has 0 bridgehead atoms. The lowest BCUT2D eigenvalue weighted by Crippen LogP contribution is -2.20. The zero-order valence-corrected chi connectivity index (χ0v) is 6.78. The van der Waals surface area contributed by atoms with Crippen molar-refractivity contribution in [2.45, 2.75) is 6.92 Å². The number of nitrogens with zero attached hydrogens (tertiary/aromatic N) is 3. The Hall–Kier alpha value is -1.38. The van der Waals surface area contributed by atoms with Crippen molar-refractivity contribution in [1.82, 2.24) is 9.55 Å². The molecule has 0 amide bonds. The van der Waals surface area contributed by atoms with Crippen LogP contribution in [0, 0.1) is 6.92 Å². The number of rotatable bonds is 1. The summed E-state index contributed by atoms with van der Waals surface area (Å²) < 4.78 is 1.84. The van der Waals surface area contributed by atoms with Crippen LogP contribution >= 0.6 is 0 Å². The fraction of sp³-hybridized carbons (Fsp3) is 0.250. The average molecular weight is 149 g/mol. The normalized spacial score (nSPS) is 11.6. The van der Waals surface area contributed by atoms with Crippen molar-refractivity contribution in [3.63, 3.8) is 0 Å². The maximum atomic E-state index is 4.10. The van der Waals surface area contributed by atoms with Crippen molar-refractivity contribution >= 4 is 6.20 Å². The molecule has 0 saturated carbocycles. The molecule has 0 aliphatic rings. The second-order valence-electron chi connectivity index (χ2n) is 2.15. The summed E-state index contributed by atoms with van der Waals surface area (Å²) in [5, 5.41) is 0. The van der Waals surface area contributed by atoms with Crippen molar-refractivity contribution in [2.75, 3.05) is 7.05 Å². The van der Waals surface area contributed by atoms with E-state index in [2.05, 4.69) is 16.6 Å². The predicted octanol–water partition coefficient (Wildman–Crippen LogP) is 0.823. The first-order chi connectivity index (χ1) is 5.29. The van der Waals surface area contributed by atoms with Gasteiger partial charge in [0, 0.05) is 25.6 Å². The van der Waals surface area contributed by atoms with Crippen molar-refractivity contribution < 1.29 is 0 Å². The van der Waals surface area contributed by atoms with Crippen LogP contribution in [-0.2, 0) is 0 Å². The number of aryl methyl sites for hydroxylation is 1. The minimum atomic E-state index is 0.850. The Morgan fingerprint density at radius 1 is 1.73 bits per heavy atom. The van der Waals surface area contributed by atoms with Gasteiger partial charge in [0.15, 0.2) is 5.49 Å². The van der Waals surface area contributed by atoms with Crippen LogP contribution in [0.1, 0.15) is 5.69 Å². The number of aromatic nitrogens is 2. The third-order valence-corrected chi connectivity index (χ3v) is 1.47. The summed E-state index contributed by atoms with van der Waals surface area (Å²) in [6.45, 7) is 5.57. The van der Waals surface area contributed by atoms with Gasteiger partial charge in [-0.2, -0.15) is 0 Å². The molecule has 0 atom stereocenters. The largest absolute Gasteiger partial charge is 0.307 e. The molecule has 0 fully saturated rings. The Kier molecular flexibility index (Phi) is 2.21. The molecular weight excluding hydrogens is 138 g/mol. The van der Waals surface area contributed by atoms with Gasteiger partial charge < -0.3 is 4.57 Å². The standard InChI is InChI=1S/C8H11N3/c1-4-11-6-5-10-7(2)8(11)9-3/h4-6H,1H2,2-3H3. The molecule has 0 aromatic carbocycles. The molecule has 0 spiro atoms. The molecule has 11 heavy (non-hydrogen) atoms. The lowest BCUT2D eigenvalue weighted by atomic mass is 10.5. The Labute approximate surface area is 65.7 Å². The molecule has 3 nitrogen and oxygen atoms in total. The summed E-state index contributed by atoms with van der Waals surface area (Å²) >= 11 is 0. The highest BCUT2D eigenvalue weighted by Gasteiger charge is 1.91. The van der Waals surface area contributed by atoms with E-state index in [4.69, 9.17) is 0 Å². The van der Waals surface area contributed by atoms with E-state index >= 15 is 0 Å². The molecule has 1 aromatic rings. The Balaban J connectivity index is 3.49. The molecule has 0 saturated heterocycles. The minimum Gasteiger partial charge on any atom is -0.307 e. The third-order valence-electron chi connectivity index (χ3n) is 1.47. The molecule has 1 rings (SSSR count). The second-order valence-corrected chi connectivity index (χ2v) is 2.15. The Morgan fingerprint density at radius 2 is 2.45 bits per heavy atom. The van der Waals surface area contributed by atoms with E-state index in [1.165, 1.54) is 0 Å². The van der Waals surface area contributed by atoms with E-state index in [0.29, 0.717) is 0 Å². The summed E-state index contributed by atoms with van der Waals surface area (Å²) in [5.74, 6) is 0. The Morgan fingerprint density at radius 3 is 2.91 bits per heavy atom. The highest BCUT2D eigenvalue weighted by atomic mass is 15.0. The zero-order chi connectivity index (χ0) is 8.27. The van der Waals surface area contributed by atoms with Crippen LogP contribution < -0.4 is 5.49 Å². The van der Waals surface area contributed by atoms with Crippen LogP contribution in [-0.4, -0.2) is 16.6 Å². The molecular formula is C8H11N3. The van der Waals surface area contributed by atoms with Gasteiger partial charge in [-0.15, -0.1) is 0 Å². The van der Waals surface area contributed by atoms with E-state index in [9.17, 15) is 0 Å². The first kappa shape index (κ1) is 7.72. The molecule has 0 N–H and O–H groups in total. The molecule has 0 unspecified atom stereocenters. The van der Waals surface area contributed by atoms with Gasteiger partial charge in [0.25, 0.3) is 0 Å². The second kappa shape index (κ2) is 3.14. The SMILES string of the molecule is C=Cn1ccnc(C)c1=NC. The topological polar surface area (TPSA) is 30.2 Å². The lowest BCUT2D eigenvalue weighted by Gasteiger charge is -2.00. The molecule has 1 heterocycles. The highest BCUT2D eigenvalue weighted by molar-refractivity contribution is 5.16. The molecule has 3 heteroatoms. The van der Waals surface area contributed by atoms with E-state index < -0.39 is 0 Å². The maximum Gasteiger partial charge on any atom is 0.153 e. The first-order valence-corrected chi connectivity index (χ1v) is 3.38. The highest BCUT2D eigenvalue weighted by Crippen LogP contribution is 1.83. The predicted molar refractivity (Wildman–Crippen MR) is 44.8 cm³/mol. The zero-order valence-electron chi connectivity index (χ0n) is 6.78. The van der Waals surface area contributed by atoms with E-state index in [1.807, 2.05) is 17.7 Å². The Bertz CT molecular complexity index is 322. The maximum absolute atomic E-state index is 4.10. The third kappa shape index (κ3) is 1.37. The van der Waals surface area contributed by atoms with E-state index in [1.54, 1.807) is 19.4 Å². The van der Waals surface area contributed by atoms with Crippen molar-refractivity contribution in [3.05, 3.63) is 30.2 Å². The van der Waals surface area contributed by atoms with E-state index in [-0.39, 0.29) is 0 Å². The van der Waals surface area contributed by atoms with Crippen LogP contribution in [0.2, 0.25) is 0 Å². The van der Waals surface area contributed by atoms with E-state index in [0.717, 1.165) is 11.2 Å². The van der Waals surface area contributed by atoms with Gasteiger partial charge in [0.2, 0.25) is 0 Å². The van der Waals surface area contributed by atoms with Gasteiger partial charge in [0.05, 0.1) is 5.69 Å². The molecule has 0 aliphatic carbocycles. The van der Waals surface area contributed by atoms with Crippen molar-refractivity contribution in [1.29, 1.82) is 0 Å². The molecule has 58 valence electrons. The fourth-order valence-corrected chi connectivity index (χ4v) is 0.957. The lowest BCUT2D eigenvalue weighted by molar-refractivity contribution is 0.917. The smallest absolute Gasteiger partial charge is 0.153 e. The van der Waals surface area contributed by atoms with Gasteiger partial charge in [-0.3, -0.25) is 9.98 Å². The molecule has 0 radical (unpaired) electrons. The van der Waals surface area contributed by atoms with Gasteiger partial charge in [-0.05, 0) is 6.92 Å². The summed E-state index contributed by atoms with van der Waals surface area (Å²) in [4.78, 5) is 8.17. The van der Waals surface area contributed by atoms with Gasteiger partial charge in [-0.25, -0.2) is 0 Å². The summed E-state index contributed by atoms with van der Waals surface area (Å²) in [5.41, 5.74) is 1.76.